The number of aryl methyl sites for hydroxylation is 1. The van der Waals surface area contributed by atoms with Crippen molar-refractivity contribution in [3.05, 3.63) is 41.3 Å². The average molecular weight is 289 g/mol. The SMILES string of the molecule is CCOc1ccc(-c2nnc3cc(Cl)nc(C)n23)cc1. The lowest BCUT2D eigenvalue weighted by Gasteiger charge is -2.05. The Morgan fingerprint density at radius 2 is 1.95 bits per heavy atom. The maximum Gasteiger partial charge on any atom is 0.169 e. The monoisotopic (exact) mass is 288 g/mol. The Kier molecular flexibility index (Phi) is 3.28. The van der Waals surface area contributed by atoms with Crippen LogP contribution in [-0.4, -0.2) is 26.2 Å². The van der Waals surface area contributed by atoms with Gasteiger partial charge in [0.05, 0.1) is 6.61 Å². The second-order valence-electron chi connectivity index (χ2n) is 4.30. The zero-order valence-corrected chi connectivity index (χ0v) is 11.9. The quantitative estimate of drug-likeness (QED) is 0.695. The lowest BCUT2D eigenvalue weighted by atomic mass is 10.2. The van der Waals surface area contributed by atoms with Crippen molar-refractivity contribution < 1.29 is 4.74 Å². The first kappa shape index (κ1) is 12.9. The summed E-state index contributed by atoms with van der Waals surface area (Å²) >= 11 is 5.93. The van der Waals surface area contributed by atoms with Crippen molar-refractivity contribution in [3.63, 3.8) is 0 Å². The number of benzene rings is 1. The molecule has 0 spiro atoms. The van der Waals surface area contributed by atoms with Gasteiger partial charge in [-0.25, -0.2) is 4.98 Å². The van der Waals surface area contributed by atoms with E-state index in [1.54, 1.807) is 6.07 Å². The highest BCUT2D eigenvalue weighted by atomic mass is 35.5. The first-order valence-corrected chi connectivity index (χ1v) is 6.68. The van der Waals surface area contributed by atoms with Crippen LogP contribution in [0.5, 0.6) is 5.75 Å². The summed E-state index contributed by atoms with van der Waals surface area (Å²) in [5.41, 5.74) is 1.64. The molecule has 0 amide bonds. The van der Waals surface area contributed by atoms with E-state index in [9.17, 15) is 0 Å². The second-order valence-corrected chi connectivity index (χ2v) is 4.69. The van der Waals surface area contributed by atoms with E-state index >= 15 is 0 Å². The number of fused-ring (bicyclic) bond motifs is 1. The number of halogens is 1. The minimum atomic E-state index is 0.417. The van der Waals surface area contributed by atoms with Gasteiger partial charge in [-0.3, -0.25) is 4.40 Å². The molecule has 0 bridgehead atoms. The third-order valence-corrected chi connectivity index (χ3v) is 3.15. The van der Waals surface area contributed by atoms with Crippen molar-refractivity contribution in [1.29, 1.82) is 0 Å². The first-order chi connectivity index (χ1) is 9.69. The van der Waals surface area contributed by atoms with Crippen molar-refractivity contribution in [2.24, 2.45) is 0 Å². The Bertz CT molecular complexity index is 752. The molecule has 0 saturated heterocycles. The van der Waals surface area contributed by atoms with Gasteiger partial charge in [-0.1, -0.05) is 11.6 Å². The third kappa shape index (κ3) is 2.20. The Morgan fingerprint density at radius 3 is 2.65 bits per heavy atom. The minimum absolute atomic E-state index is 0.417. The van der Waals surface area contributed by atoms with Gasteiger partial charge in [0.1, 0.15) is 16.7 Å². The topological polar surface area (TPSA) is 52.3 Å². The van der Waals surface area contributed by atoms with Crippen molar-refractivity contribution in [3.8, 4) is 17.1 Å². The highest BCUT2D eigenvalue weighted by Crippen LogP contribution is 2.23. The molecular weight excluding hydrogens is 276 g/mol. The normalized spacial score (nSPS) is 10.9. The zero-order valence-electron chi connectivity index (χ0n) is 11.2. The molecule has 3 aromatic rings. The van der Waals surface area contributed by atoms with E-state index in [1.807, 2.05) is 42.5 Å². The molecule has 0 fully saturated rings. The summed E-state index contributed by atoms with van der Waals surface area (Å²) in [4.78, 5) is 4.23. The summed E-state index contributed by atoms with van der Waals surface area (Å²) in [5.74, 6) is 2.33. The Morgan fingerprint density at radius 1 is 1.20 bits per heavy atom. The minimum Gasteiger partial charge on any atom is -0.494 e. The van der Waals surface area contributed by atoms with E-state index in [-0.39, 0.29) is 0 Å². The summed E-state index contributed by atoms with van der Waals surface area (Å²) < 4.78 is 7.31. The predicted molar refractivity (Wildman–Crippen MR) is 77.1 cm³/mol. The molecule has 20 heavy (non-hydrogen) atoms. The van der Waals surface area contributed by atoms with Gasteiger partial charge in [0.25, 0.3) is 0 Å². The molecule has 0 aliphatic carbocycles. The lowest BCUT2D eigenvalue weighted by Crippen LogP contribution is -1.98. The van der Waals surface area contributed by atoms with Crippen LogP contribution in [0.4, 0.5) is 0 Å². The molecule has 2 heterocycles. The number of hydrogen-bond donors (Lipinski definition) is 0. The standard InChI is InChI=1S/C14H13ClN4O/c1-3-20-11-6-4-10(5-7-11)14-18-17-13-8-12(15)16-9(2)19(13)14/h4-8H,3H2,1-2H3. The van der Waals surface area contributed by atoms with Crippen LogP contribution in [0.15, 0.2) is 30.3 Å². The van der Waals surface area contributed by atoms with E-state index in [0.29, 0.717) is 17.4 Å². The molecular formula is C14H13ClN4O. The maximum absolute atomic E-state index is 5.93. The number of hydrogen-bond acceptors (Lipinski definition) is 4. The molecule has 1 aromatic carbocycles. The van der Waals surface area contributed by atoms with Gasteiger partial charge < -0.3 is 4.74 Å². The molecule has 5 nitrogen and oxygen atoms in total. The maximum atomic E-state index is 5.93. The smallest absolute Gasteiger partial charge is 0.169 e. The van der Waals surface area contributed by atoms with E-state index in [0.717, 1.165) is 23.0 Å². The van der Waals surface area contributed by atoms with Crippen LogP contribution in [0.1, 0.15) is 12.7 Å². The number of nitrogens with zero attached hydrogens (tertiary/aromatic N) is 4. The van der Waals surface area contributed by atoms with E-state index < -0.39 is 0 Å². The molecule has 0 saturated carbocycles. The highest BCUT2D eigenvalue weighted by molar-refractivity contribution is 6.29. The van der Waals surface area contributed by atoms with Crippen LogP contribution in [0.3, 0.4) is 0 Å². The van der Waals surface area contributed by atoms with Gasteiger partial charge in [0, 0.05) is 11.6 Å². The molecule has 2 aromatic heterocycles. The number of aromatic nitrogens is 4. The highest BCUT2D eigenvalue weighted by Gasteiger charge is 2.11. The van der Waals surface area contributed by atoms with Gasteiger partial charge in [0.2, 0.25) is 0 Å². The van der Waals surface area contributed by atoms with Crippen molar-refractivity contribution in [2.45, 2.75) is 13.8 Å². The van der Waals surface area contributed by atoms with Crippen LogP contribution < -0.4 is 4.74 Å². The molecule has 0 aliphatic rings. The van der Waals surface area contributed by atoms with Crippen molar-refractivity contribution in [1.82, 2.24) is 19.6 Å². The Hall–Kier alpha value is -2.14. The largest absolute Gasteiger partial charge is 0.494 e. The third-order valence-electron chi connectivity index (χ3n) is 2.95. The fourth-order valence-corrected chi connectivity index (χ4v) is 2.33. The van der Waals surface area contributed by atoms with Gasteiger partial charge in [-0.15, -0.1) is 10.2 Å². The predicted octanol–water partition coefficient (Wildman–Crippen LogP) is 3.15. The molecule has 6 heteroatoms. The van der Waals surface area contributed by atoms with Crippen LogP contribution in [0, 0.1) is 6.92 Å². The van der Waals surface area contributed by atoms with E-state index in [2.05, 4.69) is 15.2 Å². The Balaban J connectivity index is 2.10. The van der Waals surface area contributed by atoms with Crippen LogP contribution in [-0.2, 0) is 0 Å². The van der Waals surface area contributed by atoms with E-state index in [1.165, 1.54) is 0 Å². The fourth-order valence-electron chi connectivity index (χ4n) is 2.11. The molecule has 3 rings (SSSR count). The first-order valence-electron chi connectivity index (χ1n) is 6.30. The second kappa shape index (κ2) is 5.09. The average Bonchev–Trinajstić information content (AvgIpc) is 2.84. The Labute approximate surface area is 121 Å². The summed E-state index contributed by atoms with van der Waals surface area (Å²) in [6.45, 7) is 4.48. The number of rotatable bonds is 3. The molecule has 102 valence electrons. The summed E-state index contributed by atoms with van der Waals surface area (Å²) in [5, 5.41) is 8.77. The van der Waals surface area contributed by atoms with Gasteiger partial charge in [0.15, 0.2) is 11.5 Å². The van der Waals surface area contributed by atoms with Gasteiger partial charge in [-0.05, 0) is 38.1 Å². The molecule has 0 atom stereocenters. The zero-order chi connectivity index (χ0) is 14.1. The van der Waals surface area contributed by atoms with E-state index in [4.69, 9.17) is 16.3 Å². The molecule has 0 N–H and O–H groups in total. The van der Waals surface area contributed by atoms with Crippen molar-refractivity contribution in [2.75, 3.05) is 6.61 Å². The van der Waals surface area contributed by atoms with Gasteiger partial charge in [-0.2, -0.15) is 0 Å². The molecule has 0 radical (unpaired) electrons. The fraction of sp³-hybridized carbons (Fsp3) is 0.214. The molecule has 0 unspecified atom stereocenters. The van der Waals surface area contributed by atoms with Crippen molar-refractivity contribution >= 4 is 17.2 Å². The van der Waals surface area contributed by atoms with Crippen LogP contribution in [0.2, 0.25) is 5.15 Å². The molecule has 0 aliphatic heterocycles. The summed E-state index contributed by atoms with van der Waals surface area (Å²) in [7, 11) is 0. The lowest BCUT2D eigenvalue weighted by molar-refractivity contribution is 0.340. The summed E-state index contributed by atoms with van der Waals surface area (Å²) in [6, 6.07) is 9.43. The summed E-state index contributed by atoms with van der Waals surface area (Å²) in [6.07, 6.45) is 0. The van der Waals surface area contributed by atoms with Crippen LogP contribution >= 0.6 is 11.6 Å². The number of ether oxygens (including phenoxy) is 1. The van der Waals surface area contributed by atoms with Crippen LogP contribution in [0.25, 0.3) is 17.0 Å². The van der Waals surface area contributed by atoms with Gasteiger partial charge >= 0.3 is 0 Å².